The van der Waals surface area contributed by atoms with Crippen molar-refractivity contribution >= 4 is 52.3 Å². The van der Waals surface area contributed by atoms with E-state index in [1.165, 1.54) is 12.1 Å². The van der Waals surface area contributed by atoms with E-state index in [9.17, 15) is 9.59 Å². The van der Waals surface area contributed by atoms with E-state index in [-0.39, 0.29) is 23.4 Å². The quantitative estimate of drug-likeness (QED) is 0.648. The molecule has 2 amide bonds. The summed E-state index contributed by atoms with van der Waals surface area (Å²) in [6.07, 6.45) is 0. The molecule has 0 bridgehead atoms. The second-order valence-corrected chi connectivity index (χ2v) is 8.11. The van der Waals surface area contributed by atoms with Crippen molar-refractivity contribution in [3.63, 3.8) is 0 Å². The number of nitrogens with zero attached hydrogens (tertiary/aromatic N) is 2. The van der Waals surface area contributed by atoms with Gasteiger partial charge in [-0.25, -0.2) is 0 Å². The second kappa shape index (κ2) is 10.2. The third-order valence-electron chi connectivity index (χ3n) is 4.87. The summed E-state index contributed by atoms with van der Waals surface area (Å²) >= 11 is 17.9. The standard InChI is InChI=1S/C21H22Cl3N3O3/c1-14(28)26-6-8-27(9-7-26)19-5-3-2-4-15(19)12-25-21(29)13-30-20-11-17(23)16(22)10-18(20)24/h2-5,10-11H,6-9,12-13H2,1H3,(H,25,29). The highest BCUT2D eigenvalue weighted by molar-refractivity contribution is 6.43. The van der Waals surface area contributed by atoms with E-state index in [0.29, 0.717) is 35.4 Å². The molecule has 1 aliphatic rings. The Bertz CT molecular complexity index is 931. The van der Waals surface area contributed by atoms with Crippen molar-refractivity contribution in [3.05, 3.63) is 57.0 Å². The Labute approximate surface area is 190 Å². The van der Waals surface area contributed by atoms with E-state index in [0.717, 1.165) is 24.3 Å². The lowest BCUT2D eigenvalue weighted by atomic mass is 10.1. The smallest absolute Gasteiger partial charge is 0.258 e. The SMILES string of the molecule is CC(=O)N1CCN(c2ccccc2CNC(=O)COc2cc(Cl)c(Cl)cc2Cl)CC1. The summed E-state index contributed by atoms with van der Waals surface area (Å²) in [6.45, 7) is 4.64. The van der Waals surface area contributed by atoms with Crippen molar-refractivity contribution in [1.82, 2.24) is 10.2 Å². The number of halogens is 3. The number of benzene rings is 2. The molecule has 9 heteroatoms. The number of amides is 2. The van der Waals surface area contributed by atoms with Crippen LogP contribution in [0.2, 0.25) is 15.1 Å². The van der Waals surface area contributed by atoms with Crippen molar-refractivity contribution < 1.29 is 14.3 Å². The van der Waals surface area contributed by atoms with Gasteiger partial charge in [0, 0.05) is 51.4 Å². The van der Waals surface area contributed by atoms with Crippen LogP contribution in [-0.2, 0) is 16.1 Å². The number of piperazine rings is 1. The Kier molecular flexibility index (Phi) is 7.69. The topological polar surface area (TPSA) is 61.9 Å². The van der Waals surface area contributed by atoms with Gasteiger partial charge in [0.2, 0.25) is 5.91 Å². The van der Waals surface area contributed by atoms with Crippen LogP contribution in [0, 0.1) is 0 Å². The third kappa shape index (κ3) is 5.72. The zero-order chi connectivity index (χ0) is 21.7. The van der Waals surface area contributed by atoms with E-state index < -0.39 is 0 Å². The number of ether oxygens (including phenoxy) is 1. The van der Waals surface area contributed by atoms with Crippen LogP contribution in [0.1, 0.15) is 12.5 Å². The fraction of sp³-hybridized carbons (Fsp3) is 0.333. The van der Waals surface area contributed by atoms with Crippen molar-refractivity contribution in [3.8, 4) is 5.75 Å². The number of carbonyl (C=O) groups excluding carboxylic acids is 2. The maximum atomic E-state index is 12.3. The molecule has 3 rings (SSSR count). The van der Waals surface area contributed by atoms with Gasteiger partial charge in [-0.05, 0) is 17.7 Å². The summed E-state index contributed by atoms with van der Waals surface area (Å²) in [7, 11) is 0. The fourth-order valence-electron chi connectivity index (χ4n) is 3.23. The van der Waals surface area contributed by atoms with Crippen LogP contribution >= 0.6 is 34.8 Å². The minimum atomic E-state index is -0.284. The van der Waals surface area contributed by atoms with Gasteiger partial charge < -0.3 is 19.9 Å². The number of nitrogens with one attached hydrogen (secondary N) is 1. The predicted molar refractivity (Wildman–Crippen MR) is 120 cm³/mol. The summed E-state index contributed by atoms with van der Waals surface area (Å²) in [6, 6.07) is 10.9. The largest absolute Gasteiger partial charge is 0.482 e. The molecule has 1 heterocycles. The molecule has 0 saturated carbocycles. The fourth-order valence-corrected chi connectivity index (χ4v) is 3.83. The van der Waals surface area contributed by atoms with E-state index in [4.69, 9.17) is 39.5 Å². The van der Waals surface area contributed by atoms with Gasteiger partial charge in [-0.3, -0.25) is 9.59 Å². The van der Waals surface area contributed by atoms with Crippen molar-refractivity contribution in [2.24, 2.45) is 0 Å². The molecule has 6 nitrogen and oxygen atoms in total. The van der Waals surface area contributed by atoms with Gasteiger partial charge in [-0.1, -0.05) is 53.0 Å². The molecular weight excluding hydrogens is 449 g/mol. The first-order valence-corrected chi connectivity index (χ1v) is 10.6. The number of carbonyl (C=O) groups is 2. The molecule has 0 radical (unpaired) electrons. The Morgan fingerprint density at radius 3 is 2.37 bits per heavy atom. The molecule has 1 fully saturated rings. The van der Waals surface area contributed by atoms with Crippen molar-refractivity contribution in [2.45, 2.75) is 13.5 Å². The summed E-state index contributed by atoms with van der Waals surface area (Å²) in [5, 5.41) is 3.77. The van der Waals surface area contributed by atoms with Gasteiger partial charge in [0.25, 0.3) is 5.91 Å². The monoisotopic (exact) mass is 469 g/mol. The molecule has 160 valence electrons. The average molecular weight is 471 g/mol. The molecule has 2 aromatic carbocycles. The highest BCUT2D eigenvalue weighted by atomic mass is 35.5. The summed E-state index contributed by atoms with van der Waals surface area (Å²) in [5.41, 5.74) is 2.05. The van der Waals surface area contributed by atoms with Crippen LogP contribution < -0.4 is 15.0 Å². The molecule has 30 heavy (non-hydrogen) atoms. The molecule has 0 atom stereocenters. The first-order valence-electron chi connectivity index (χ1n) is 9.47. The van der Waals surface area contributed by atoms with E-state index in [1.54, 1.807) is 6.92 Å². The van der Waals surface area contributed by atoms with E-state index in [2.05, 4.69) is 10.2 Å². The molecule has 1 saturated heterocycles. The zero-order valence-electron chi connectivity index (χ0n) is 16.5. The average Bonchev–Trinajstić information content (AvgIpc) is 2.74. The van der Waals surface area contributed by atoms with Crippen LogP contribution in [0.25, 0.3) is 0 Å². The zero-order valence-corrected chi connectivity index (χ0v) is 18.7. The molecule has 2 aromatic rings. The van der Waals surface area contributed by atoms with Crippen LogP contribution in [0.3, 0.4) is 0 Å². The molecule has 1 N–H and O–H groups in total. The summed E-state index contributed by atoms with van der Waals surface area (Å²) in [5.74, 6) is 0.107. The van der Waals surface area contributed by atoms with Gasteiger partial charge in [0.15, 0.2) is 6.61 Å². The van der Waals surface area contributed by atoms with E-state index >= 15 is 0 Å². The first-order chi connectivity index (χ1) is 14.3. The Morgan fingerprint density at radius 2 is 1.67 bits per heavy atom. The number of rotatable bonds is 6. The highest BCUT2D eigenvalue weighted by Gasteiger charge is 2.20. The van der Waals surface area contributed by atoms with E-state index in [1.807, 2.05) is 29.2 Å². The van der Waals surface area contributed by atoms with Crippen LogP contribution in [-0.4, -0.2) is 49.5 Å². The second-order valence-electron chi connectivity index (χ2n) is 6.88. The minimum Gasteiger partial charge on any atom is -0.482 e. The minimum absolute atomic E-state index is 0.0947. The number of hydrogen-bond donors (Lipinski definition) is 1. The lowest BCUT2D eigenvalue weighted by Crippen LogP contribution is -2.48. The summed E-state index contributed by atoms with van der Waals surface area (Å²) < 4.78 is 5.47. The Balaban J connectivity index is 1.55. The van der Waals surface area contributed by atoms with Crippen molar-refractivity contribution in [2.75, 3.05) is 37.7 Å². The molecule has 0 aliphatic carbocycles. The molecule has 0 unspecified atom stereocenters. The Hall–Kier alpha value is -2.15. The normalized spacial score (nSPS) is 13.9. The van der Waals surface area contributed by atoms with Gasteiger partial charge in [-0.2, -0.15) is 0 Å². The third-order valence-corrected chi connectivity index (χ3v) is 5.88. The van der Waals surface area contributed by atoms with Gasteiger partial charge in [0.1, 0.15) is 5.75 Å². The maximum absolute atomic E-state index is 12.3. The van der Waals surface area contributed by atoms with Crippen LogP contribution in [0.5, 0.6) is 5.75 Å². The number of hydrogen-bond acceptors (Lipinski definition) is 4. The van der Waals surface area contributed by atoms with Gasteiger partial charge >= 0.3 is 0 Å². The first kappa shape index (κ1) is 22.5. The van der Waals surface area contributed by atoms with Crippen LogP contribution in [0.15, 0.2) is 36.4 Å². The predicted octanol–water partition coefficient (Wildman–Crippen LogP) is 4.01. The number of para-hydroxylation sites is 1. The molecule has 0 spiro atoms. The molecular formula is C21H22Cl3N3O3. The molecule has 1 aliphatic heterocycles. The van der Waals surface area contributed by atoms with Gasteiger partial charge in [0.05, 0.1) is 15.1 Å². The van der Waals surface area contributed by atoms with Gasteiger partial charge in [-0.15, -0.1) is 0 Å². The Morgan fingerprint density at radius 1 is 1.00 bits per heavy atom. The maximum Gasteiger partial charge on any atom is 0.258 e. The summed E-state index contributed by atoms with van der Waals surface area (Å²) in [4.78, 5) is 27.9. The highest BCUT2D eigenvalue weighted by Crippen LogP contribution is 2.33. The van der Waals surface area contributed by atoms with Crippen molar-refractivity contribution in [1.29, 1.82) is 0 Å². The van der Waals surface area contributed by atoms with Crippen LogP contribution in [0.4, 0.5) is 5.69 Å². The molecule has 0 aromatic heterocycles. The lowest BCUT2D eigenvalue weighted by molar-refractivity contribution is -0.129. The lowest BCUT2D eigenvalue weighted by Gasteiger charge is -2.36. The number of anilines is 1.